The predicted molar refractivity (Wildman–Crippen MR) is 32.7 cm³/mol. The molecule has 10 heavy (non-hydrogen) atoms. The molecule has 0 aliphatic heterocycles. The molecule has 0 radical (unpaired) electrons. The number of hydrogen-bond donors (Lipinski definition) is 1. The second-order valence-electron chi connectivity index (χ2n) is 1.74. The van der Waals surface area contributed by atoms with Crippen LogP contribution >= 0.6 is 0 Å². The zero-order valence-electron chi connectivity index (χ0n) is 4.93. The van der Waals surface area contributed by atoms with Crippen molar-refractivity contribution in [2.24, 2.45) is 0 Å². The van der Waals surface area contributed by atoms with Gasteiger partial charge in [-0.15, -0.1) is 6.07 Å². The topological polar surface area (TPSA) is 41.6 Å². The molecule has 2 rings (SSSR count). The van der Waals surface area contributed by atoms with Crippen LogP contribution in [0.5, 0.6) is 0 Å². The number of aromatic amines is 1. The Kier molecular flexibility index (Phi) is 2.04. The molecule has 0 aliphatic rings. The molecule has 0 fully saturated rings. The third-order valence-electron chi connectivity index (χ3n) is 1.15. The molecule has 2 aromatic rings. The number of hydrogen-bond acceptors (Lipinski definition) is 2. The number of nitrogens with zero attached hydrogens (tertiary/aromatic N) is 2. The first kappa shape index (κ1) is 7.25. The molecule has 0 saturated carbocycles. The van der Waals surface area contributed by atoms with Gasteiger partial charge in [0, 0.05) is 5.52 Å². The number of para-hydroxylation sites is 1. The summed E-state index contributed by atoms with van der Waals surface area (Å²) in [7, 11) is 0. The van der Waals surface area contributed by atoms with Gasteiger partial charge in [-0.1, -0.05) is 5.21 Å². The van der Waals surface area contributed by atoms with Gasteiger partial charge in [-0.05, 0) is 5.52 Å². The van der Waals surface area contributed by atoms with Crippen molar-refractivity contribution in [3.63, 3.8) is 0 Å². The van der Waals surface area contributed by atoms with E-state index in [1.54, 1.807) is 0 Å². The van der Waals surface area contributed by atoms with Crippen LogP contribution in [0.3, 0.4) is 0 Å². The number of benzene rings is 1. The second-order valence-corrected chi connectivity index (χ2v) is 1.74. The van der Waals surface area contributed by atoms with Crippen LogP contribution in [0.15, 0.2) is 18.2 Å². The van der Waals surface area contributed by atoms with E-state index in [1.165, 1.54) is 0 Å². The third-order valence-corrected chi connectivity index (χ3v) is 1.15. The summed E-state index contributed by atoms with van der Waals surface area (Å²) in [5, 5.41) is 10.1. The van der Waals surface area contributed by atoms with Gasteiger partial charge < -0.3 is 0 Å². The van der Waals surface area contributed by atoms with E-state index >= 15 is 0 Å². The average molecular weight is 182 g/mol. The Hall–Kier alpha value is -0.861. The summed E-state index contributed by atoms with van der Waals surface area (Å²) in [5.41, 5.74) is 1.72. The van der Waals surface area contributed by atoms with Gasteiger partial charge in [0.15, 0.2) is 0 Å². The molecular weight excluding hydrogens is 178 g/mol. The summed E-state index contributed by atoms with van der Waals surface area (Å²) in [6, 6.07) is 8.54. The minimum absolute atomic E-state index is 0. The SMILES string of the molecule is [Cu+].[c-]1cccc2nn[nH]c12. The Labute approximate surface area is 68.3 Å². The van der Waals surface area contributed by atoms with Crippen molar-refractivity contribution in [3.05, 3.63) is 24.3 Å². The molecule has 0 bridgehead atoms. The summed E-state index contributed by atoms with van der Waals surface area (Å²) in [5.74, 6) is 0. The fourth-order valence-electron chi connectivity index (χ4n) is 0.730. The van der Waals surface area contributed by atoms with Gasteiger partial charge in [-0.25, -0.2) is 0 Å². The van der Waals surface area contributed by atoms with E-state index in [4.69, 9.17) is 0 Å². The van der Waals surface area contributed by atoms with Crippen LogP contribution < -0.4 is 0 Å². The largest absolute Gasteiger partial charge is 1.00 e. The van der Waals surface area contributed by atoms with Crippen LogP contribution in [0.2, 0.25) is 0 Å². The van der Waals surface area contributed by atoms with Crippen molar-refractivity contribution < 1.29 is 17.1 Å². The summed E-state index contributed by atoms with van der Waals surface area (Å²) in [6.07, 6.45) is 0. The summed E-state index contributed by atoms with van der Waals surface area (Å²) in [6.45, 7) is 0. The molecule has 0 atom stereocenters. The van der Waals surface area contributed by atoms with E-state index in [1.807, 2.05) is 18.2 Å². The molecule has 0 unspecified atom stereocenters. The number of aromatic nitrogens is 3. The molecule has 0 spiro atoms. The first-order chi connectivity index (χ1) is 4.47. The smallest absolute Gasteiger partial charge is 0.283 e. The first-order valence-electron chi connectivity index (χ1n) is 2.64. The molecule has 1 heterocycles. The van der Waals surface area contributed by atoms with Crippen molar-refractivity contribution in [2.75, 3.05) is 0 Å². The molecule has 1 aromatic heterocycles. The maximum atomic E-state index is 3.78. The molecule has 0 amide bonds. The van der Waals surface area contributed by atoms with Crippen molar-refractivity contribution in [3.8, 4) is 0 Å². The predicted octanol–water partition coefficient (Wildman–Crippen LogP) is 0.756. The molecule has 54 valence electrons. The number of rotatable bonds is 0. The summed E-state index contributed by atoms with van der Waals surface area (Å²) in [4.78, 5) is 0. The monoisotopic (exact) mass is 181 g/mol. The minimum Gasteiger partial charge on any atom is -0.283 e. The Balaban J connectivity index is 0.000000500. The summed E-state index contributed by atoms with van der Waals surface area (Å²) < 4.78 is 0. The normalized spacial score (nSPS) is 9.20. The van der Waals surface area contributed by atoms with Crippen molar-refractivity contribution in [1.82, 2.24) is 15.4 Å². The van der Waals surface area contributed by atoms with Gasteiger partial charge in [0.1, 0.15) is 0 Å². The first-order valence-corrected chi connectivity index (χ1v) is 2.64. The van der Waals surface area contributed by atoms with Crippen LogP contribution in [0.25, 0.3) is 11.0 Å². The van der Waals surface area contributed by atoms with Crippen molar-refractivity contribution >= 4 is 11.0 Å². The molecule has 1 N–H and O–H groups in total. The van der Waals surface area contributed by atoms with Gasteiger partial charge in [-0.3, -0.25) is 5.10 Å². The van der Waals surface area contributed by atoms with Crippen LogP contribution in [0.1, 0.15) is 0 Å². The molecule has 3 nitrogen and oxygen atoms in total. The van der Waals surface area contributed by atoms with E-state index in [-0.39, 0.29) is 17.1 Å². The second kappa shape index (κ2) is 2.82. The Bertz CT molecular complexity index is 287. The zero-order valence-corrected chi connectivity index (χ0v) is 5.87. The fraction of sp³-hybridized carbons (Fsp3) is 0. The van der Waals surface area contributed by atoms with Crippen LogP contribution in [-0.2, 0) is 17.1 Å². The van der Waals surface area contributed by atoms with Crippen LogP contribution in [0.4, 0.5) is 0 Å². The molecule has 0 saturated heterocycles. The van der Waals surface area contributed by atoms with Crippen molar-refractivity contribution in [2.45, 2.75) is 0 Å². The zero-order chi connectivity index (χ0) is 6.10. The van der Waals surface area contributed by atoms with Crippen molar-refractivity contribution in [1.29, 1.82) is 0 Å². The maximum Gasteiger partial charge on any atom is 1.00 e. The van der Waals surface area contributed by atoms with Gasteiger partial charge in [-0.2, -0.15) is 23.3 Å². The molecule has 1 aromatic carbocycles. The Morgan fingerprint density at radius 1 is 1.50 bits per heavy atom. The Morgan fingerprint density at radius 2 is 2.40 bits per heavy atom. The maximum absolute atomic E-state index is 3.78. The quantitative estimate of drug-likeness (QED) is 0.482. The van der Waals surface area contributed by atoms with Gasteiger partial charge in [0.25, 0.3) is 0 Å². The van der Waals surface area contributed by atoms with Crippen LogP contribution in [0, 0.1) is 6.07 Å². The Morgan fingerprint density at radius 3 is 3.20 bits per heavy atom. The third kappa shape index (κ3) is 1.03. The van der Waals surface area contributed by atoms with Crippen LogP contribution in [-0.4, -0.2) is 15.4 Å². The van der Waals surface area contributed by atoms with E-state index in [9.17, 15) is 0 Å². The van der Waals surface area contributed by atoms with E-state index < -0.39 is 0 Å². The molecule has 0 aliphatic carbocycles. The van der Waals surface area contributed by atoms with Gasteiger partial charge in [0.05, 0.1) is 0 Å². The number of nitrogens with one attached hydrogen (secondary N) is 1. The van der Waals surface area contributed by atoms with Gasteiger partial charge >= 0.3 is 17.1 Å². The fourth-order valence-corrected chi connectivity index (χ4v) is 0.730. The molecule has 4 heteroatoms. The van der Waals surface area contributed by atoms with E-state index in [0.717, 1.165) is 11.0 Å². The number of H-pyrrole nitrogens is 1. The summed E-state index contributed by atoms with van der Waals surface area (Å²) >= 11 is 0. The number of fused-ring (bicyclic) bond motifs is 1. The van der Waals surface area contributed by atoms with E-state index in [0.29, 0.717) is 0 Å². The molecular formula is C6H4CuN3. The average Bonchev–Trinajstić information content (AvgIpc) is 2.33. The standard InChI is InChI=1S/C6H4N3.Cu/c1-2-4-6-5(3-1)7-9-8-6;/h1-3H,(H,7,8,9);/q-1;+1. The van der Waals surface area contributed by atoms with E-state index in [2.05, 4.69) is 21.5 Å². The van der Waals surface area contributed by atoms with Gasteiger partial charge in [0.2, 0.25) is 0 Å². The minimum atomic E-state index is 0.